The highest BCUT2D eigenvalue weighted by Gasteiger charge is 2.31. The van der Waals surface area contributed by atoms with E-state index in [0.29, 0.717) is 32.8 Å². The van der Waals surface area contributed by atoms with Gasteiger partial charge in [-0.2, -0.15) is 13.2 Å². The van der Waals surface area contributed by atoms with Crippen molar-refractivity contribution >= 4 is 5.91 Å². The fraction of sp³-hybridized carbons (Fsp3) is 0.483. The molecule has 0 radical (unpaired) electrons. The van der Waals surface area contributed by atoms with Crippen molar-refractivity contribution in [3.8, 4) is 5.75 Å². The van der Waals surface area contributed by atoms with Crippen LogP contribution in [0.3, 0.4) is 0 Å². The van der Waals surface area contributed by atoms with E-state index in [1.165, 1.54) is 23.3 Å². The Morgan fingerprint density at radius 3 is 2.22 bits per heavy atom. The van der Waals surface area contributed by atoms with E-state index in [4.69, 9.17) is 4.74 Å². The van der Waals surface area contributed by atoms with Crippen molar-refractivity contribution in [2.75, 3.05) is 52.4 Å². The summed E-state index contributed by atoms with van der Waals surface area (Å²) < 4.78 is 44.6. The number of hydrogen-bond donors (Lipinski definition) is 0. The van der Waals surface area contributed by atoms with E-state index < -0.39 is 11.7 Å². The summed E-state index contributed by atoms with van der Waals surface area (Å²) in [5.41, 5.74) is 3.16. The van der Waals surface area contributed by atoms with Crippen LogP contribution < -0.4 is 4.74 Å². The normalized spacial score (nSPS) is 17.8. The van der Waals surface area contributed by atoms with Crippen LogP contribution in [0.25, 0.3) is 0 Å². The minimum atomic E-state index is -4.41. The Morgan fingerprint density at radius 2 is 1.59 bits per heavy atom. The van der Waals surface area contributed by atoms with Crippen LogP contribution in [0, 0.1) is 13.8 Å². The Kier molecular flexibility index (Phi) is 8.60. The summed E-state index contributed by atoms with van der Waals surface area (Å²) in [5.74, 6) is 0.704. The molecule has 37 heavy (non-hydrogen) atoms. The number of ether oxygens (including phenoxy) is 1. The van der Waals surface area contributed by atoms with Gasteiger partial charge in [0.2, 0.25) is 0 Å². The van der Waals surface area contributed by atoms with Gasteiger partial charge in [-0.3, -0.25) is 14.6 Å². The van der Waals surface area contributed by atoms with Gasteiger partial charge in [-0.1, -0.05) is 18.2 Å². The zero-order chi connectivity index (χ0) is 26.6. The van der Waals surface area contributed by atoms with E-state index in [1.54, 1.807) is 4.90 Å². The molecule has 4 rings (SSSR count). The highest BCUT2D eigenvalue weighted by Crippen LogP contribution is 2.32. The number of halogens is 3. The molecule has 0 N–H and O–H groups in total. The first-order valence-electron chi connectivity index (χ1n) is 13.0. The first-order chi connectivity index (χ1) is 17.6. The van der Waals surface area contributed by atoms with Crippen molar-refractivity contribution < 1.29 is 22.7 Å². The van der Waals surface area contributed by atoms with Gasteiger partial charge in [-0.05, 0) is 74.2 Å². The smallest absolute Gasteiger partial charge is 0.416 e. The molecular weight excluding hydrogens is 479 g/mol. The van der Waals surface area contributed by atoms with Gasteiger partial charge in [-0.25, -0.2) is 0 Å². The Labute approximate surface area is 217 Å². The minimum Gasteiger partial charge on any atom is -0.493 e. The lowest BCUT2D eigenvalue weighted by Crippen LogP contribution is -2.49. The van der Waals surface area contributed by atoms with Gasteiger partial charge in [0.25, 0.3) is 5.91 Å². The first-order valence-corrected chi connectivity index (χ1v) is 13.0. The maximum absolute atomic E-state index is 12.8. The highest BCUT2D eigenvalue weighted by molar-refractivity contribution is 5.94. The van der Waals surface area contributed by atoms with Crippen LogP contribution in [0.4, 0.5) is 13.2 Å². The van der Waals surface area contributed by atoms with Gasteiger partial charge in [0, 0.05) is 57.4 Å². The molecular formula is C29H36F3N3O2. The molecule has 1 amide bonds. The molecule has 2 aromatic carbocycles. The number of alkyl halides is 3. The highest BCUT2D eigenvalue weighted by atomic mass is 19.4. The molecule has 0 bridgehead atoms. The average molecular weight is 516 g/mol. The van der Waals surface area contributed by atoms with Crippen LogP contribution in [0.15, 0.2) is 48.6 Å². The number of benzene rings is 2. The molecule has 0 saturated carbocycles. The van der Waals surface area contributed by atoms with Crippen molar-refractivity contribution in [3.05, 3.63) is 76.4 Å². The van der Waals surface area contributed by atoms with Gasteiger partial charge in [0.15, 0.2) is 0 Å². The van der Waals surface area contributed by atoms with Gasteiger partial charge >= 0.3 is 6.18 Å². The van der Waals surface area contributed by atoms with Crippen molar-refractivity contribution in [2.45, 2.75) is 39.4 Å². The summed E-state index contributed by atoms with van der Waals surface area (Å²) in [6.07, 6.45) is 0.986. The second-order valence-corrected chi connectivity index (χ2v) is 9.92. The lowest BCUT2D eigenvalue weighted by molar-refractivity contribution is -0.137. The molecule has 1 atom stereocenters. The maximum Gasteiger partial charge on any atom is 0.416 e. The van der Waals surface area contributed by atoms with E-state index in [1.807, 2.05) is 0 Å². The zero-order valence-electron chi connectivity index (χ0n) is 21.9. The summed E-state index contributed by atoms with van der Waals surface area (Å²) in [6, 6.07) is 8.85. The molecule has 0 spiro atoms. The van der Waals surface area contributed by atoms with E-state index in [9.17, 15) is 18.0 Å². The Balaban J connectivity index is 1.30. The largest absolute Gasteiger partial charge is 0.493 e. The second kappa shape index (κ2) is 11.7. The monoisotopic (exact) mass is 515 g/mol. The lowest BCUT2D eigenvalue weighted by Gasteiger charge is -2.39. The Morgan fingerprint density at radius 1 is 0.946 bits per heavy atom. The van der Waals surface area contributed by atoms with E-state index in [0.717, 1.165) is 49.5 Å². The van der Waals surface area contributed by atoms with Gasteiger partial charge in [-0.15, -0.1) is 0 Å². The fourth-order valence-electron chi connectivity index (χ4n) is 5.09. The Hall–Kier alpha value is -2.84. The SMILES string of the molecule is Cc1c(OCCCN2CC=CC2)ccc(C(C)N2CCN(C(=O)c3ccc(C(F)(F)F)cc3)CC2)c1C. The van der Waals surface area contributed by atoms with Crippen LogP contribution in [-0.4, -0.2) is 73.0 Å². The molecule has 1 saturated heterocycles. The predicted molar refractivity (Wildman–Crippen MR) is 139 cm³/mol. The molecule has 1 fully saturated rings. The molecule has 2 heterocycles. The summed E-state index contributed by atoms with van der Waals surface area (Å²) in [6.45, 7) is 12.7. The van der Waals surface area contributed by atoms with Crippen LogP contribution in [0.1, 0.15) is 52.0 Å². The zero-order valence-corrected chi connectivity index (χ0v) is 21.9. The molecule has 200 valence electrons. The van der Waals surface area contributed by atoms with Gasteiger partial charge in [0.05, 0.1) is 12.2 Å². The summed E-state index contributed by atoms with van der Waals surface area (Å²) in [4.78, 5) is 19.3. The van der Waals surface area contributed by atoms with E-state index in [-0.39, 0.29) is 17.5 Å². The number of nitrogens with zero attached hydrogens (tertiary/aromatic N) is 3. The number of rotatable bonds is 8. The molecule has 2 aromatic rings. The maximum atomic E-state index is 12.8. The fourth-order valence-corrected chi connectivity index (χ4v) is 5.09. The number of carbonyl (C=O) groups is 1. The third kappa shape index (κ3) is 6.54. The lowest BCUT2D eigenvalue weighted by atomic mass is 9.96. The molecule has 0 aliphatic carbocycles. The quantitative estimate of drug-likeness (QED) is 0.345. The third-order valence-corrected chi connectivity index (χ3v) is 7.61. The van der Waals surface area contributed by atoms with Gasteiger partial charge in [0.1, 0.15) is 5.75 Å². The summed E-state index contributed by atoms with van der Waals surface area (Å²) in [5, 5.41) is 0. The van der Waals surface area contributed by atoms with Crippen molar-refractivity contribution in [1.82, 2.24) is 14.7 Å². The molecule has 5 nitrogen and oxygen atoms in total. The first kappa shape index (κ1) is 27.2. The molecule has 8 heteroatoms. The number of hydrogen-bond acceptors (Lipinski definition) is 4. The molecule has 2 aliphatic rings. The average Bonchev–Trinajstić information content (AvgIpc) is 3.41. The van der Waals surface area contributed by atoms with Crippen molar-refractivity contribution in [2.24, 2.45) is 0 Å². The van der Waals surface area contributed by atoms with Crippen molar-refractivity contribution in [1.29, 1.82) is 0 Å². The summed E-state index contributed by atoms with van der Waals surface area (Å²) in [7, 11) is 0. The number of carbonyl (C=O) groups excluding carboxylic acids is 1. The van der Waals surface area contributed by atoms with Crippen LogP contribution in [0.5, 0.6) is 5.75 Å². The van der Waals surface area contributed by atoms with E-state index >= 15 is 0 Å². The summed E-state index contributed by atoms with van der Waals surface area (Å²) >= 11 is 0. The molecule has 2 aliphatic heterocycles. The molecule has 1 unspecified atom stereocenters. The topological polar surface area (TPSA) is 36.0 Å². The van der Waals surface area contributed by atoms with Crippen LogP contribution >= 0.6 is 0 Å². The third-order valence-electron chi connectivity index (χ3n) is 7.61. The standard InChI is InChI=1S/C29H36F3N3O2/c1-21-22(2)27(37-20-6-15-33-13-4-5-14-33)12-11-26(21)23(3)34-16-18-35(19-17-34)28(36)24-7-9-25(10-8-24)29(30,31)32/h4-5,7-12,23H,6,13-20H2,1-3H3. The number of piperazine rings is 1. The minimum absolute atomic E-state index is 0.179. The predicted octanol–water partition coefficient (Wildman–Crippen LogP) is 5.48. The Bertz CT molecular complexity index is 1100. The second-order valence-electron chi connectivity index (χ2n) is 9.92. The van der Waals surface area contributed by atoms with Gasteiger partial charge < -0.3 is 9.64 Å². The van der Waals surface area contributed by atoms with Crippen LogP contribution in [-0.2, 0) is 6.18 Å². The van der Waals surface area contributed by atoms with E-state index in [2.05, 4.69) is 54.9 Å². The van der Waals surface area contributed by atoms with Crippen molar-refractivity contribution in [3.63, 3.8) is 0 Å². The van der Waals surface area contributed by atoms with Crippen LogP contribution in [0.2, 0.25) is 0 Å². The molecule has 0 aromatic heterocycles. The number of amides is 1.